The molecule has 1 aromatic rings. The summed E-state index contributed by atoms with van der Waals surface area (Å²) in [6.45, 7) is 1.15. The molecule has 1 aromatic carbocycles. The molecule has 13 nitrogen and oxygen atoms in total. The first-order valence-electron chi connectivity index (χ1n) is 13.4. The average molecular weight is 548 g/mol. The molecule has 0 aliphatic rings. The lowest BCUT2D eigenvalue weighted by Gasteiger charge is -2.25. The largest absolute Gasteiger partial charge is 0.370 e. The quantitative estimate of drug-likeness (QED) is 0.0539. The fourth-order valence-corrected chi connectivity index (χ4v) is 3.88. The van der Waals surface area contributed by atoms with Crippen molar-refractivity contribution in [3.8, 4) is 0 Å². The Labute approximate surface area is 230 Å². The van der Waals surface area contributed by atoms with Crippen molar-refractivity contribution in [1.29, 1.82) is 0 Å². The van der Waals surface area contributed by atoms with E-state index in [9.17, 15) is 19.2 Å². The fourth-order valence-electron chi connectivity index (χ4n) is 3.88. The molecule has 0 saturated carbocycles. The molecule has 0 radical (unpaired) electrons. The van der Waals surface area contributed by atoms with Crippen LogP contribution in [0.4, 0.5) is 0 Å². The van der Waals surface area contributed by atoms with E-state index in [4.69, 9.17) is 28.7 Å². The normalized spacial score (nSPS) is 13.0. The number of rotatable bonds is 20. The molecule has 1 rings (SSSR count). The van der Waals surface area contributed by atoms with Crippen molar-refractivity contribution in [1.82, 2.24) is 16.0 Å². The third-order valence-electron chi connectivity index (χ3n) is 5.99. The molecule has 0 unspecified atom stereocenters. The minimum Gasteiger partial charge on any atom is -0.370 e. The Kier molecular flexibility index (Phi) is 16.6. The zero-order chi connectivity index (χ0) is 29.0. The van der Waals surface area contributed by atoms with Crippen molar-refractivity contribution in [2.75, 3.05) is 19.6 Å². The van der Waals surface area contributed by atoms with Crippen LogP contribution in [-0.4, -0.2) is 67.3 Å². The summed E-state index contributed by atoms with van der Waals surface area (Å²) in [6, 6.07) is 6.40. The Morgan fingerprint density at radius 2 is 1.21 bits per heavy atom. The maximum Gasteiger partial charge on any atom is 0.243 e. The van der Waals surface area contributed by atoms with Crippen LogP contribution in [0.5, 0.6) is 0 Å². The summed E-state index contributed by atoms with van der Waals surface area (Å²) in [7, 11) is 0. The van der Waals surface area contributed by atoms with E-state index in [2.05, 4.69) is 20.9 Å². The van der Waals surface area contributed by atoms with Crippen molar-refractivity contribution in [3.05, 3.63) is 35.9 Å². The number of nitrogens with two attached hydrogens (primary N) is 5. The van der Waals surface area contributed by atoms with Gasteiger partial charge in [-0.2, -0.15) is 0 Å². The Hall–Kier alpha value is -3.71. The van der Waals surface area contributed by atoms with Gasteiger partial charge in [-0.1, -0.05) is 30.3 Å². The molecular weight excluding hydrogens is 502 g/mol. The van der Waals surface area contributed by atoms with Crippen molar-refractivity contribution >= 4 is 29.6 Å². The highest BCUT2D eigenvalue weighted by Crippen LogP contribution is 2.08. The number of unbranched alkanes of at least 4 members (excludes halogenated alkanes) is 2. The van der Waals surface area contributed by atoms with Gasteiger partial charge in [-0.15, -0.1) is 0 Å². The molecule has 0 saturated heterocycles. The van der Waals surface area contributed by atoms with Crippen molar-refractivity contribution in [2.24, 2.45) is 33.7 Å². The summed E-state index contributed by atoms with van der Waals surface area (Å²) < 4.78 is 0. The SMILES string of the molecule is NCCCC[C@H](NC(=O)Cc1ccccc1)C(=O)N[C@@H](CCCCN)C(=O)N[C@@H](CCCN=C(N)N)C(N)=O. The van der Waals surface area contributed by atoms with E-state index in [1.54, 1.807) is 0 Å². The van der Waals surface area contributed by atoms with Gasteiger partial charge >= 0.3 is 0 Å². The number of amides is 4. The fraction of sp³-hybridized carbons (Fsp3) is 0.577. The van der Waals surface area contributed by atoms with Gasteiger partial charge in [-0.05, 0) is 70.0 Å². The van der Waals surface area contributed by atoms with Crippen molar-refractivity contribution in [3.63, 3.8) is 0 Å². The number of benzene rings is 1. The van der Waals surface area contributed by atoms with Gasteiger partial charge in [0.15, 0.2) is 5.96 Å². The molecule has 3 atom stereocenters. The predicted octanol–water partition coefficient (Wildman–Crippen LogP) is -1.52. The van der Waals surface area contributed by atoms with Gasteiger partial charge in [0.1, 0.15) is 18.1 Å². The average Bonchev–Trinajstić information content (AvgIpc) is 2.89. The van der Waals surface area contributed by atoms with Crippen LogP contribution in [0.2, 0.25) is 0 Å². The van der Waals surface area contributed by atoms with Gasteiger partial charge in [0.25, 0.3) is 0 Å². The smallest absolute Gasteiger partial charge is 0.243 e. The second kappa shape index (κ2) is 19.4. The summed E-state index contributed by atoms with van der Waals surface area (Å²) in [5.74, 6) is -2.15. The van der Waals surface area contributed by atoms with Gasteiger partial charge in [0.2, 0.25) is 23.6 Å². The minimum absolute atomic E-state index is 0.0748. The topological polar surface area (TPSA) is 247 Å². The first-order valence-corrected chi connectivity index (χ1v) is 13.4. The van der Waals surface area contributed by atoms with Gasteiger partial charge < -0.3 is 44.6 Å². The zero-order valence-electron chi connectivity index (χ0n) is 22.6. The molecule has 13 heteroatoms. The number of carbonyl (C=O) groups is 4. The number of hydrogen-bond donors (Lipinski definition) is 8. The van der Waals surface area contributed by atoms with Gasteiger partial charge in [-0.3, -0.25) is 24.2 Å². The third-order valence-corrected chi connectivity index (χ3v) is 5.99. The van der Waals surface area contributed by atoms with E-state index >= 15 is 0 Å². The van der Waals surface area contributed by atoms with Gasteiger partial charge in [-0.25, -0.2) is 0 Å². The van der Waals surface area contributed by atoms with E-state index in [0.717, 1.165) is 5.56 Å². The van der Waals surface area contributed by atoms with Crippen LogP contribution in [0.3, 0.4) is 0 Å². The number of primary amides is 1. The molecule has 0 aliphatic heterocycles. The molecule has 4 amide bonds. The van der Waals surface area contributed by atoms with E-state index in [-0.39, 0.29) is 31.3 Å². The summed E-state index contributed by atoms with van der Waals surface area (Å²) in [5, 5.41) is 8.17. The monoisotopic (exact) mass is 547 g/mol. The maximum atomic E-state index is 13.3. The summed E-state index contributed by atoms with van der Waals surface area (Å²) in [4.78, 5) is 54.9. The number of aliphatic imine (C=N–C) groups is 1. The molecule has 0 fully saturated rings. The predicted molar refractivity (Wildman–Crippen MR) is 151 cm³/mol. The van der Waals surface area contributed by atoms with Gasteiger partial charge in [0, 0.05) is 6.54 Å². The lowest BCUT2D eigenvalue weighted by molar-refractivity contribution is -0.133. The van der Waals surface area contributed by atoms with Crippen molar-refractivity contribution in [2.45, 2.75) is 75.9 Å². The Balaban J connectivity index is 2.93. The molecule has 0 aromatic heterocycles. The second-order valence-electron chi connectivity index (χ2n) is 9.32. The summed E-state index contributed by atoms with van der Waals surface area (Å²) >= 11 is 0. The van der Waals surface area contributed by atoms with Crippen LogP contribution in [0, 0.1) is 0 Å². The molecule has 13 N–H and O–H groups in total. The number of nitrogens with one attached hydrogen (secondary N) is 3. The highest BCUT2D eigenvalue weighted by molar-refractivity contribution is 5.94. The number of hydrogen-bond acceptors (Lipinski definition) is 7. The molecule has 0 aliphatic carbocycles. The highest BCUT2D eigenvalue weighted by atomic mass is 16.2. The molecule has 0 bridgehead atoms. The van der Waals surface area contributed by atoms with E-state index < -0.39 is 35.8 Å². The number of guanidine groups is 1. The maximum absolute atomic E-state index is 13.3. The Morgan fingerprint density at radius 3 is 1.72 bits per heavy atom. The van der Waals surface area contributed by atoms with Crippen LogP contribution in [-0.2, 0) is 25.6 Å². The standard InChI is InChI=1S/C26H45N9O4/c27-14-6-4-11-20(33-22(36)17-18-9-2-1-3-10-18)24(38)35-21(12-5-7-15-28)25(39)34-19(23(29)37)13-8-16-32-26(30)31/h1-3,9-10,19-21H,4-8,11-17,27-28H2,(H2,29,37)(H,33,36)(H,34,39)(H,35,38)(H4,30,31,32)/t19-,20-,21-/m0/s1. The first-order chi connectivity index (χ1) is 18.7. The molecule has 0 heterocycles. The molecule has 0 spiro atoms. The minimum atomic E-state index is -0.966. The number of nitrogens with zero attached hydrogens (tertiary/aromatic N) is 1. The zero-order valence-corrected chi connectivity index (χ0v) is 22.6. The highest BCUT2D eigenvalue weighted by Gasteiger charge is 2.28. The van der Waals surface area contributed by atoms with Gasteiger partial charge in [0.05, 0.1) is 6.42 Å². The van der Waals surface area contributed by atoms with Crippen LogP contribution in [0.15, 0.2) is 35.3 Å². The van der Waals surface area contributed by atoms with Crippen LogP contribution in [0.1, 0.15) is 56.9 Å². The van der Waals surface area contributed by atoms with Crippen LogP contribution < -0.4 is 44.6 Å². The van der Waals surface area contributed by atoms with E-state index in [1.807, 2.05) is 30.3 Å². The van der Waals surface area contributed by atoms with E-state index in [0.29, 0.717) is 58.0 Å². The third kappa shape index (κ3) is 14.7. The van der Waals surface area contributed by atoms with Crippen molar-refractivity contribution < 1.29 is 19.2 Å². The molecule has 218 valence electrons. The first kappa shape index (κ1) is 33.3. The second-order valence-corrected chi connectivity index (χ2v) is 9.32. The summed E-state index contributed by atoms with van der Waals surface area (Å²) in [5.41, 5.74) is 28.1. The molecular formula is C26H45N9O4. The lowest BCUT2D eigenvalue weighted by atomic mass is 10.0. The Bertz CT molecular complexity index is 923. The molecule has 39 heavy (non-hydrogen) atoms. The van der Waals surface area contributed by atoms with E-state index in [1.165, 1.54) is 0 Å². The van der Waals surface area contributed by atoms with Crippen LogP contribution >= 0.6 is 0 Å². The van der Waals surface area contributed by atoms with Crippen LogP contribution in [0.25, 0.3) is 0 Å². The summed E-state index contributed by atoms with van der Waals surface area (Å²) in [6.07, 6.45) is 3.90. The number of carbonyl (C=O) groups excluding carboxylic acids is 4. The Morgan fingerprint density at radius 1 is 0.692 bits per heavy atom. The lowest BCUT2D eigenvalue weighted by Crippen LogP contribution is -2.56.